The number of unbranched alkanes of at least 4 members (excludes halogenated alkanes) is 41. The predicted octanol–water partition coefficient (Wildman–Crippen LogP) is 22.2. The minimum atomic E-state index is -0.765. The van der Waals surface area contributed by atoms with Gasteiger partial charge >= 0.3 is 17.9 Å². The maximum absolute atomic E-state index is 12.8. The summed E-state index contributed by atoms with van der Waals surface area (Å²) in [5.74, 6) is -0.847. The van der Waals surface area contributed by atoms with Gasteiger partial charge in [-0.3, -0.25) is 14.4 Å². The zero-order valence-electron chi connectivity index (χ0n) is 49.6. The Kier molecular flexibility index (Phi) is 60.7. The van der Waals surface area contributed by atoms with Crippen molar-refractivity contribution >= 4 is 17.9 Å². The first-order valence-corrected chi connectivity index (χ1v) is 32.6. The molecule has 0 aliphatic rings. The van der Waals surface area contributed by atoms with Crippen LogP contribution in [-0.2, 0) is 28.6 Å². The zero-order chi connectivity index (χ0) is 53.6. The molecule has 0 spiro atoms. The van der Waals surface area contributed by atoms with E-state index in [0.717, 1.165) is 83.5 Å². The van der Waals surface area contributed by atoms with Crippen molar-refractivity contribution in [2.24, 2.45) is 0 Å². The first-order chi connectivity index (χ1) is 36.5. The first-order valence-electron chi connectivity index (χ1n) is 32.6. The second-order valence-electron chi connectivity index (χ2n) is 22.0. The van der Waals surface area contributed by atoms with Crippen molar-refractivity contribution in [2.75, 3.05) is 13.2 Å². The van der Waals surface area contributed by atoms with Crippen LogP contribution in [0.1, 0.15) is 348 Å². The molecule has 1 unspecified atom stereocenters. The van der Waals surface area contributed by atoms with E-state index >= 15 is 0 Å². The maximum Gasteiger partial charge on any atom is 0.306 e. The number of hydrogen-bond acceptors (Lipinski definition) is 6. The van der Waals surface area contributed by atoms with Crippen molar-refractivity contribution in [3.05, 3.63) is 48.6 Å². The van der Waals surface area contributed by atoms with E-state index in [9.17, 15) is 14.4 Å². The number of esters is 3. The summed E-state index contributed by atoms with van der Waals surface area (Å²) in [5, 5.41) is 0. The Hall–Kier alpha value is -2.63. The number of rotatable bonds is 60. The third-order valence-corrected chi connectivity index (χ3v) is 14.6. The van der Waals surface area contributed by atoms with Crippen LogP contribution in [0.4, 0.5) is 0 Å². The number of allylic oxidation sites excluding steroid dienone is 8. The summed E-state index contributed by atoms with van der Waals surface area (Å²) in [6.07, 6.45) is 78.7. The molecule has 0 saturated heterocycles. The van der Waals surface area contributed by atoms with Crippen LogP contribution in [0.2, 0.25) is 0 Å². The summed E-state index contributed by atoms with van der Waals surface area (Å²) in [6.45, 7) is 6.55. The molecule has 0 aromatic heterocycles. The van der Waals surface area contributed by atoms with Crippen LogP contribution in [0.15, 0.2) is 48.6 Å². The first kappa shape index (κ1) is 71.4. The molecule has 0 heterocycles. The van der Waals surface area contributed by atoms with Crippen LogP contribution in [0.25, 0.3) is 0 Å². The molecule has 0 amide bonds. The average Bonchev–Trinajstić information content (AvgIpc) is 3.40. The van der Waals surface area contributed by atoms with E-state index in [1.165, 1.54) is 225 Å². The predicted molar refractivity (Wildman–Crippen MR) is 321 cm³/mol. The number of carbonyl (C=O) groups excluding carboxylic acids is 3. The van der Waals surface area contributed by atoms with Gasteiger partial charge < -0.3 is 14.2 Å². The van der Waals surface area contributed by atoms with Crippen molar-refractivity contribution in [2.45, 2.75) is 354 Å². The third kappa shape index (κ3) is 60.2. The molecule has 0 aliphatic heterocycles. The van der Waals surface area contributed by atoms with E-state index in [2.05, 4.69) is 69.4 Å². The molecule has 0 aromatic rings. The van der Waals surface area contributed by atoms with Gasteiger partial charge in [-0.2, -0.15) is 0 Å². The molecule has 0 radical (unpaired) electrons. The molecule has 0 saturated carbocycles. The number of ether oxygens (including phenoxy) is 3. The van der Waals surface area contributed by atoms with E-state index in [1.54, 1.807) is 0 Å². The van der Waals surface area contributed by atoms with Gasteiger partial charge in [0.1, 0.15) is 13.2 Å². The minimum absolute atomic E-state index is 0.0657. The highest BCUT2D eigenvalue weighted by Gasteiger charge is 2.19. The molecule has 0 aliphatic carbocycles. The van der Waals surface area contributed by atoms with Gasteiger partial charge in [0.15, 0.2) is 6.10 Å². The standard InChI is InChI=1S/C68H124O6/c1-4-7-10-13-16-19-21-23-25-26-27-28-29-30-31-32-33-34-35-36-37-38-39-40-41-42-44-45-47-49-52-55-58-61-67(70)73-64-65(63-72-66(69)60-57-54-51-18-15-12-9-6-3)74-68(71)62-59-56-53-50-48-46-43-24-22-20-17-14-11-8-5-2/h7,10,16,19,23,25,27-28,65H,4-6,8-9,11-15,17-18,20-22,24,26,29-64H2,1-3H3/b10-7-,19-16-,25-23-,28-27-. The van der Waals surface area contributed by atoms with Gasteiger partial charge in [-0.25, -0.2) is 0 Å². The molecule has 6 heteroatoms. The number of carbonyl (C=O) groups is 3. The fraction of sp³-hybridized carbons (Fsp3) is 0.838. The van der Waals surface area contributed by atoms with Crippen LogP contribution < -0.4 is 0 Å². The van der Waals surface area contributed by atoms with Crippen molar-refractivity contribution in [1.82, 2.24) is 0 Å². The highest BCUT2D eigenvalue weighted by molar-refractivity contribution is 5.71. The van der Waals surface area contributed by atoms with Crippen LogP contribution in [0.5, 0.6) is 0 Å². The Morgan fingerprint density at radius 2 is 0.527 bits per heavy atom. The van der Waals surface area contributed by atoms with Gasteiger partial charge in [-0.1, -0.05) is 320 Å². The number of hydrogen-bond donors (Lipinski definition) is 0. The van der Waals surface area contributed by atoms with Gasteiger partial charge in [-0.05, 0) is 57.8 Å². The lowest BCUT2D eigenvalue weighted by molar-refractivity contribution is -0.167. The molecule has 0 N–H and O–H groups in total. The Bertz CT molecular complexity index is 1280. The zero-order valence-corrected chi connectivity index (χ0v) is 49.6. The summed E-state index contributed by atoms with van der Waals surface area (Å²) < 4.78 is 16.9. The van der Waals surface area contributed by atoms with Gasteiger partial charge in [0.25, 0.3) is 0 Å². The summed E-state index contributed by atoms with van der Waals surface area (Å²) in [7, 11) is 0. The molecule has 0 bridgehead atoms. The average molecular weight is 1040 g/mol. The van der Waals surface area contributed by atoms with Crippen molar-refractivity contribution in [3.63, 3.8) is 0 Å². The van der Waals surface area contributed by atoms with Gasteiger partial charge in [0, 0.05) is 19.3 Å². The van der Waals surface area contributed by atoms with E-state index in [1.807, 2.05) is 0 Å². The topological polar surface area (TPSA) is 78.9 Å². The highest BCUT2D eigenvalue weighted by atomic mass is 16.6. The lowest BCUT2D eigenvalue weighted by atomic mass is 10.0. The van der Waals surface area contributed by atoms with E-state index in [0.29, 0.717) is 19.3 Å². The SMILES string of the molecule is CC/C=C\C/C=C\C/C=C\C/C=C\CCCCCCCCCCCCCCCCCCCCCCC(=O)OCC(COC(=O)CCCCCCCCCC)OC(=O)CCCCCCCCCCCCCCCCC. The molecule has 74 heavy (non-hydrogen) atoms. The monoisotopic (exact) mass is 1040 g/mol. The lowest BCUT2D eigenvalue weighted by Crippen LogP contribution is -2.30. The molecule has 0 rings (SSSR count). The van der Waals surface area contributed by atoms with E-state index in [4.69, 9.17) is 14.2 Å². The summed E-state index contributed by atoms with van der Waals surface area (Å²) in [6, 6.07) is 0. The Morgan fingerprint density at radius 1 is 0.284 bits per heavy atom. The molecule has 0 fully saturated rings. The molecule has 0 aromatic carbocycles. The largest absolute Gasteiger partial charge is 0.462 e. The molecular weight excluding hydrogens is 913 g/mol. The van der Waals surface area contributed by atoms with Crippen LogP contribution >= 0.6 is 0 Å². The summed E-state index contributed by atoms with van der Waals surface area (Å²) >= 11 is 0. The van der Waals surface area contributed by atoms with Crippen molar-refractivity contribution < 1.29 is 28.6 Å². The van der Waals surface area contributed by atoms with E-state index in [-0.39, 0.29) is 31.1 Å². The third-order valence-electron chi connectivity index (χ3n) is 14.6. The van der Waals surface area contributed by atoms with E-state index < -0.39 is 6.10 Å². The fourth-order valence-corrected chi connectivity index (χ4v) is 9.73. The second-order valence-corrected chi connectivity index (χ2v) is 22.0. The summed E-state index contributed by atoms with van der Waals surface area (Å²) in [5.41, 5.74) is 0. The molecule has 6 nitrogen and oxygen atoms in total. The van der Waals surface area contributed by atoms with Crippen molar-refractivity contribution in [3.8, 4) is 0 Å². The second kappa shape index (κ2) is 62.9. The van der Waals surface area contributed by atoms with Crippen LogP contribution in [-0.4, -0.2) is 37.2 Å². The molecule has 432 valence electrons. The Balaban J connectivity index is 3.98. The summed E-state index contributed by atoms with van der Waals surface area (Å²) in [4.78, 5) is 38.1. The van der Waals surface area contributed by atoms with Gasteiger partial charge in [0.2, 0.25) is 0 Å². The normalized spacial score (nSPS) is 12.3. The van der Waals surface area contributed by atoms with Crippen LogP contribution in [0, 0.1) is 0 Å². The molecule has 1 atom stereocenters. The Labute approximate surface area is 460 Å². The molecular formula is C68H124O6. The van der Waals surface area contributed by atoms with Gasteiger partial charge in [0.05, 0.1) is 0 Å². The fourth-order valence-electron chi connectivity index (χ4n) is 9.73. The smallest absolute Gasteiger partial charge is 0.306 e. The lowest BCUT2D eigenvalue weighted by Gasteiger charge is -2.18. The quantitative estimate of drug-likeness (QED) is 0.0261. The maximum atomic E-state index is 12.8. The minimum Gasteiger partial charge on any atom is -0.462 e. The van der Waals surface area contributed by atoms with Gasteiger partial charge in [-0.15, -0.1) is 0 Å². The Morgan fingerprint density at radius 3 is 0.824 bits per heavy atom. The highest BCUT2D eigenvalue weighted by Crippen LogP contribution is 2.18. The van der Waals surface area contributed by atoms with Crippen molar-refractivity contribution in [1.29, 1.82) is 0 Å². The van der Waals surface area contributed by atoms with Crippen LogP contribution in [0.3, 0.4) is 0 Å².